The molecule has 2 aromatic heterocycles. The van der Waals surface area contributed by atoms with Crippen LogP contribution in [0.15, 0.2) is 245 Å². The van der Waals surface area contributed by atoms with E-state index in [0.717, 1.165) is 94.3 Å². The van der Waals surface area contributed by atoms with Crippen molar-refractivity contribution in [2.75, 3.05) is 4.90 Å². The lowest BCUT2D eigenvalue weighted by atomic mass is 9.98. The minimum Gasteiger partial charge on any atom is -0.456 e. The molecule has 3 heteroatoms. The van der Waals surface area contributed by atoms with Gasteiger partial charge in [-0.3, -0.25) is 0 Å². The lowest BCUT2D eigenvalue weighted by molar-refractivity contribution is 0.669. The first kappa shape index (κ1) is 36.5. The molecule has 10 aromatic carbocycles. The zero-order valence-electron chi connectivity index (χ0n) is 34.3. The molecular formula is C60H39NO2. The van der Waals surface area contributed by atoms with Gasteiger partial charge in [-0.2, -0.15) is 0 Å². The predicted octanol–water partition coefficient (Wildman–Crippen LogP) is 17.3. The minimum absolute atomic E-state index is 0.885. The second kappa shape index (κ2) is 15.3. The number of fused-ring (bicyclic) bond motifs is 6. The van der Waals surface area contributed by atoms with Gasteiger partial charge in [-0.1, -0.05) is 176 Å². The lowest BCUT2D eigenvalue weighted by Crippen LogP contribution is -2.09. The second-order valence-electron chi connectivity index (χ2n) is 16.1. The lowest BCUT2D eigenvalue weighted by Gasteiger charge is -2.26. The SMILES string of the molecule is c1ccc(-c2ccc(-c3ccc(N(c4ccc(-c5ccc6oc7c(-c8ccccc8)cccc7c6c5)cc4)c4ccc(-c5cccc6oc7ccccc7c56)cc4)cc3)cc2)cc1. The molecule has 0 spiro atoms. The van der Waals surface area contributed by atoms with E-state index in [0.29, 0.717) is 0 Å². The number of furan rings is 2. The molecule has 0 aliphatic carbocycles. The van der Waals surface area contributed by atoms with Crippen molar-refractivity contribution in [2.24, 2.45) is 0 Å². The Kier molecular flexibility index (Phi) is 8.83. The van der Waals surface area contributed by atoms with Crippen molar-refractivity contribution < 1.29 is 8.83 Å². The smallest absolute Gasteiger partial charge is 0.143 e. The van der Waals surface area contributed by atoms with E-state index in [-0.39, 0.29) is 0 Å². The van der Waals surface area contributed by atoms with Crippen LogP contribution in [0.5, 0.6) is 0 Å². The largest absolute Gasteiger partial charge is 0.456 e. The molecule has 0 aliphatic rings. The van der Waals surface area contributed by atoms with Crippen LogP contribution < -0.4 is 4.90 Å². The van der Waals surface area contributed by atoms with Crippen LogP contribution in [0, 0.1) is 0 Å². The highest BCUT2D eigenvalue weighted by molar-refractivity contribution is 6.13. The fraction of sp³-hybridized carbons (Fsp3) is 0. The van der Waals surface area contributed by atoms with Crippen molar-refractivity contribution in [3.05, 3.63) is 237 Å². The summed E-state index contributed by atoms with van der Waals surface area (Å²) in [6.07, 6.45) is 0. The van der Waals surface area contributed by atoms with Gasteiger partial charge >= 0.3 is 0 Å². The highest BCUT2D eigenvalue weighted by Gasteiger charge is 2.17. The van der Waals surface area contributed by atoms with E-state index in [1.165, 1.54) is 22.3 Å². The second-order valence-corrected chi connectivity index (χ2v) is 16.1. The zero-order valence-corrected chi connectivity index (χ0v) is 34.3. The van der Waals surface area contributed by atoms with E-state index in [4.69, 9.17) is 8.83 Å². The molecule has 0 unspecified atom stereocenters. The van der Waals surface area contributed by atoms with Gasteiger partial charge in [-0.25, -0.2) is 0 Å². The molecule has 63 heavy (non-hydrogen) atoms. The highest BCUT2D eigenvalue weighted by Crippen LogP contribution is 2.42. The Morgan fingerprint density at radius 1 is 0.254 bits per heavy atom. The number of anilines is 3. The summed E-state index contributed by atoms with van der Waals surface area (Å²) in [5, 5.41) is 4.49. The quantitative estimate of drug-likeness (QED) is 0.153. The molecule has 0 amide bonds. The van der Waals surface area contributed by atoms with E-state index >= 15 is 0 Å². The molecule has 12 aromatic rings. The molecule has 2 heterocycles. The number of hydrogen-bond donors (Lipinski definition) is 0. The van der Waals surface area contributed by atoms with E-state index in [1.54, 1.807) is 0 Å². The summed E-state index contributed by atoms with van der Waals surface area (Å²) in [4.78, 5) is 2.33. The van der Waals surface area contributed by atoms with E-state index in [9.17, 15) is 0 Å². The maximum Gasteiger partial charge on any atom is 0.143 e. The molecule has 12 rings (SSSR count). The molecule has 3 nitrogen and oxygen atoms in total. The third kappa shape index (κ3) is 6.55. The standard InChI is InChI=1S/C60H39NO2/c1-3-11-40(12-4-1)41-21-23-42(24-22-41)43-25-32-48(33-26-43)61(50-36-29-46(30-37-50)51-16-10-20-58-59(51)54-15-7-8-19-56(54)62-58)49-34-27-44(28-35-49)47-31-38-57-55(39-47)53-18-9-17-52(60(53)63-57)45-13-5-2-6-14-45/h1-39H. The number of rotatable bonds is 8. The van der Waals surface area contributed by atoms with Crippen LogP contribution in [0.25, 0.3) is 99.5 Å². The van der Waals surface area contributed by atoms with E-state index < -0.39 is 0 Å². The number of para-hydroxylation sites is 2. The number of hydrogen-bond acceptors (Lipinski definition) is 3. The number of nitrogens with zero attached hydrogens (tertiary/aromatic N) is 1. The third-order valence-electron chi connectivity index (χ3n) is 12.3. The van der Waals surface area contributed by atoms with Crippen LogP contribution in [-0.2, 0) is 0 Å². The van der Waals surface area contributed by atoms with Gasteiger partial charge in [0.1, 0.15) is 22.3 Å². The van der Waals surface area contributed by atoms with Crippen molar-refractivity contribution in [3.63, 3.8) is 0 Å². The van der Waals surface area contributed by atoms with Crippen LogP contribution in [0.3, 0.4) is 0 Å². The molecule has 0 saturated carbocycles. The van der Waals surface area contributed by atoms with Crippen LogP contribution in [0.2, 0.25) is 0 Å². The van der Waals surface area contributed by atoms with Gasteiger partial charge in [0, 0.05) is 44.2 Å². The molecule has 0 N–H and O–H groups in total. The first-order valence-corrected chi connectivity index (χ1v) is 21.4. The van der Waals surface area contributed by atoms with Crippen LogP contribution in [0.4, 0.5) is 17.1 Å². The fourth-order valence-corrected chi connectivity index (χ4v) is 9.17. The normalized spacial score (nSPS) is 11.5. The van der Waals surface area contributed by atoms with E-state index in [2.05, 4.69) is 223 Å². The van der Waals surface area contributed by atoms with Gasteiger partial charge in [0.25, 0.3) is 0 Å². The maximum atomic E-state index is 6.50. The molecule has 0 radical (unpaired) electrons. The molecule has 0 atom stereocenters. The van der Waals surface area contributed by atoms with Crippen LogP contribution in [-0.4, -0.2) is 0 Å². The Morgan fingerprint density at radius 2 is 0.683 bits per heavy atom. The van der Waals surface area contributed by atoms with Gasteiger partial charge in [-0.15, -0.1) is 0 Å². The summed E-state index contributed by atoms with van der Waals surface area (Å²) in [6.45, 7) is 0. The summed E-state index contributed by atoms with van der Waals surface area (Å²) in [7, 11) is 0. The molecule has 0 bridgehead atoms. The van der Waals surface area contributed by atoms with Gasteiger partial charge in [0.05, 0.1) is 0 Å². The first-order chi connectivity index (χ1) is 31.2. The summed E-state index contributed by atoms with van der Waals surface area (Å²) in [5.74, 6) is 0. The Balaban J connectivity index is 0.908. The Labute approximate surface area is 365 Å². The third-order valence-corrected chi connectivity index (χ3v) is 12.3. The minimum atomic E-state index is 0.885. The van der Waals surface area contributed by atoms with Crippen molar-refractivity contribution >= 4 is 60.9 Å². The Morgan fingerprint density at radius 3 is 1.33 bits per heavy atom. The van der Waals surface area contributed by atoms with E-state index in [1.807, 2.05) is 18.2 Å². The maximum absolute atomic E-state index is 6.50. The summed E-state index contributed by atoms with van der Waals surface area (Å²) in [6, 6.07) is 84.0. The van der Waals surface area contributed by atoms with Crippen molar-refractivity contribution in [1.82, 2.24) is 0 Å². The summed E-state index contributed by atoms with van der Waals surface area (Å²) in [5.41, 5.74) is 18.4. The van der Waals surface area contributed by atoms with Gasteiger partial charge in [-0.05, 0) is 111 Å². The topological polar surface area (TPSA) is 29.5 Å². The van der Waals surface area contributed by atoms with Crippen molar-refractivity contribution in [3.8, 4) is 55.6 Å². The molecule has 0 aliphatic heterocycles. The molecule has 0 fully saturated rings. The first-order valence-electron chi connectivity index (χ1n) is 21.4. The highest BCUT2D eigenvalue weighted by atomic mass is 16.3. The summed E-state index contributed by atoms with van der Waals surface area (Å²) < 4.78 is 12.7. The predicted molar refractivity (Wildman–Crippen MR) is 263 cm³/mol. The average molecular weight is 806 g/mol. The number of benzene rings is 10. The Bertz CT molecular complexity index is 3570. The zero-order chi connectivity index (χ0) is 41.7. The molecule has 296 valence electrons. The van der Waals surface area contributed by atoms with Crippen LogP contribution in [0.1, 0.15) is 0 Å². The fourth-order valence-electron chi connectivity index (χ4n) is 9.17. The van der Waals surface area contributed by atoms with Gasteiger partial charge < -0.3 is 13.7 Å². The molecule has 0 saturated heterocycles. The van der Waals surface area contributed by atoms with Gasteiger partial charge in [0.2, 0.25) is 0 Å². The van der Waals surface area contributed by atoms with Crippen LogP contribution >= 0.6 is 0 Å². The monoisotopic (exact) mass is 805 g/mol. The van der Waals surface area contributed by atoms with Gasteiger partial charge in [0.15, 0.2) is 0 Å². The average Bonchev–Trinajstić information content (AvgIpc) is 3.94. The molecular weight excluding hydrogens is 767 g/mol. The van der Waals surface area contributed by atoms with Crippen molar-refractivity contribution in [1.29, 1.82) is 0 Å². The summed E-state index contributed by atoms with van der Waals surface area (Å²) >= 11 is 0. The van der Waals surface area contributed by atoms with Crippen molar-refractivity contribution in [2.45, 2.75) is 0 Å². The Hall–Kier alpha value is -8.40.